The molecule has 2 rings (SSSR count). The van der Waals surface area contributed by atoms with Crippen LogP contribution in [0.1, 0.15) is 33.3 Å². The molecule has 1 aliphatic heterocycles. The minimum Gasteiger partial charge on any atom is -0.462 e. The molecule has 2 heterocycles. The molecule has 1 aliphatic rings. The van der Waals surface area contributed by atoms with Gasteiger partial charge >= 0.3 is 5.97 Å². The Morgan fingerprint density at radius 3 is 3.12 bits per heavy atom. The van der Waals surface area contributed by atoms with Crippen LogP contribution in [0.15, 0.2) is 0 Å². The highest BCUT2D eigenvalue weighted by Crippen LogP contribution is 2.28. The van der Waals surface area contributed by atoms with Crippen LogP contribution in [0.3, 0.4) is 0 Å². The summed E-state index contributed by atoms with van der Waals surface area (Å²) in [5.41, 5.74) is 0.779. The molecule has 4 nitrogen and oxygen atoms in total. The summed E-state index contributed by atoms with van der Waals surface area (Å²) in [5, 5.41) is 4.42. The Morgan fingerprint density at radius 2 is 2.47 bits per heavy atom. The number of ether oxygens (including phenoxy) is 1. The number of hydrogen-bond donors (Lipinski definition) is 1. The van der Waals surface area contributed by atoms with Gasteiger partial charge in [-0.25, -0.2) is 9.78 Å². The lowest BCUT2D eigenvalue weighted by atomic mass is 10.3. The first kappa shape index (κ1) is 12.9. The first-order chi connectivity index (χ1) is 8.22. The molecule has 94 valence electrons. The smallest absolute Gasteiger partial charge is 0.350 e. The molecule has 0 spiro atoms. The Balaban J connectivity index is 2.14. The lowest BCUT2D eigenvalue weighted by Crippen LogP contribution is -2.30. The van der Waals surface area contributed by atoms with E-state index in [1.54, 1.807) is 0 Å². The van der Waals surface area contributed by atoms with Gasteiger partial charge < -0.3 is 10.1 Å². The molecule has 17 heavy (non-hydrogen) atoms. The van der Waals surface area contributed by atoms with Crippen LogP contribution in [0, 0.1) is 6.92 Å². The lowest BCUT2D eigenvalue weighted by molar-refractivity contribution is 0.0531. The predicted octanol–water partition coefficient (Wildman–Crippen LogP) is 2.01. The number of esters is 1. The Hall–Kier alpha value is -0.590. The van der Waals surface area contributed by atoms with Gasteiger partial charge in [0, 0.05) is 18.1 Å². The maximum Gasteiger partial charge on any atom is 0.350 e. The molecular formula is C11H16N2O2S2. The van der Waals surface area contributed by atoms with E-state index in [9.17, 15) is 4.79 Å². The zero-order valence-corrected chi connectivity index (χ0v) is 11.6. The molecule has 1 atom stereocenters. The Bertz CT molecular complexity index is 400. The van der Waals surface area contributed by atoms with Crippen molar-refractivity contribution in [2.45, 2.75) is 19.9 Å². The van der Waals surface area contributed by atoms with Gasteiger partial charge in [0.05, 0.1) is 18.3 Å². The summed E-state index contributed by atoms with van der Waals surface area (Å²) in [6, 6.07) is 0.278. The molecular weight excluding hydrogens is 256 g/mol. The number of carbonyl (C=O) groups is 1. The normalized spacial score (nSPS) is 20.2. The molecule has 0 bridgehead atoms. The van der Waals surface area contributed by atoms with Gasteiger partial charge in [0.25, 0.3) is 0 Å². The maximum atomic E-state index is 11.7. The fraction of sp³-hybridized carbons (Fsp3) is 0.636. The van der Waals surface area contributed by atoms with Crippen LogP contribution in [0.5, 0.6) is 0 Å². The van der Waals surface area contributed by atoms with Crippen molar-refractivity contribution in [1.29, 1.82) is 0 Å². The van der Waals surface area contributed by atoms with Crippen molar-refractivity contribution in [3.63, 3.8) is 0 Å². The number of nitrogens with zero attached hydrogens (tertiary/aromatic N) is 1. The number of thioether (sulfide) groups is 1. The van der Waals surface area contributed by atoms with E-state index in [0.29, 0.717) is 11.5 Å². The van der Waals surface area contributed by atoms with Crippen molar-refractivity contribution in [2.75, 3.05) is 24.7 Å². The molecule has 1 N–H and O–H groups in total. The summed E-state index contributed by atoms with van der Waals surface area (Å²) < 4.78 is 5.02. The molecule has 1 aromatic heterocycles. The summed E-state index contributed by atoms with van der Waals surface area (Å²) in [6.45, 7) is 5.09. The van der Waals surface area contributed by atoms with Crippen LogP contribution in [0.25, 0.3) is 0 Å². The van der Waals surface area contributed by atoms with Crippen LogP contribution in [-0.2, 0) is 4.74 Å². The SMILES string of the molecule is CCOC(=O)c1sc(C2CSCCN2)nc1C. The van der Waals surface area contributed by atoms with Crippen molar-refractivity contribution < 1.29 is 9.53 Å². The first-order valence-electron chi connectivity index (χ1n) is 5.68. The molecule has 0 aliphatic carbocycles. The molecule has 1 aromatic rings. The van der Waals surface area contributed by atoms with E-state index < -0.39 is 0 Å². The number of carbonyl (C=O) groups excluding carboxylic acids is 1. The zero-order chi connectivity index (χ0) is 12.3. The van der Waals surface area contributed by atoms with E-state index >= 15 is 0 Å². The quantitative estimate of drug-likeness (QED) is 0.853. The zero-order valence-electron chi connectivity index (χ0n) is 9.99. The molecule has 1 fully saturated rings. The largest absolute Gasteiger partial charge is 0.462 e. The lowest BCUT2D eigenvalue weighted by Gasteiger charge is -2.20. The molecule has 1 saturated heterocycles. The van der Waals surface area contributed by atoms with E-state index in [-0.39, 0.29) is 12.0 Å². The second-order valence-electron chi connectivity index (χ2n) is 3.77. The Kier molecular flexibility index (Phi) is 4.42. The number of aryl methyl sites for hydroxylation is 1. The van der Waals surface area contributed by atoms with Gasteiger partial charge in [0.15, 0.2) is 0 Å². The molecule has 0 saturated carbocycles. The first-order valence-corrected chi connectivity index (χ1v) is 7.65. The number of thiazole rings is 1. The maximum absolute atomic E-state index is 11.7. The van der Waals surface area contributed by atoms with E-state index in [4.69, 9.17) is 4.74 Å². The summed E-state index contributed by atoms with van der Waals surface area (Å²) >= 11 is 3.37. The van der Waals surface area contributed by atoms with Crippen LogP contribution >= 0.6 is 23.1 Å². The van der Waals surface area contributed by atoms with Crippen molar-refractivity contribution in [3.05, 3.63) is 15.6 Å². The highest BCUT2D eigenvalue weighted by molar-refractivity contribution is 7.99. The molecule has 0 aromatic carbocycles. The van der Waals surface area contributed by atoms with E-state index in [0.717, 1.165) is 28.8 Å². The monoisotopic (exact) mass is 272 g/mol. The third-order valence-electron chi connectivity index (χ3n) is 2.49. The Labute approximate surface area is 109 Å². The third-order valence-corrected chi connectivity index (χ3v) is 4.81. The summed E-state index contributed by atoms with van der Waals surface area (Å²) in [4.78, 5) is 16.8. The average Bonchev–Trinajstić information content (AvgIpc) is 2.73. The fourth-order valence-electron chi connectivity index (χ4n) is 1.68. The summed E-state index contributed by atoms with van der Waals surface area (Å²) in [7, 11) is 0. The second kappa shape index (κ2) is 5.84. The molecule has 0 radical (unpaired) electrons. The standard InChI is InChI=1S/C11H16N2O2S2/c1-3-15-11(14)9-7(2)13-10(17-9)8-6-16-5-4-12-8/h8,12H,3-6H2,1-2H3. The second-order valence-corrected chi connectivity index (χ2v) is 5.95. The van der Waals surface area contributed by atoms with Crippen LogP contribution in [0.4, 0.5) is 0 Å². The number of nitrogens with one attached hydrogen (secondary N) is 1. The van der Waals surface area contributed by atoms with E-state index in [2.05, 4.69) is 10.3 Å². The van der Waals surface area contributed by atoms with Crippen LogP contribution in [-0.4, -0.2) is 35.6 Å². The number of aromatic nitrogens is 1. The van der Waals surface area contributed by atoms with Crippen molar-refractivity contribution >= 4 is 29.1 Å². The van der Waals surface area contributed by atoms with Gasteiger partial charge in [-0.15, -0.1) is 11.3 Å². The minimum absolute atomic E-state index is 0.253. The van der Waals surface area contributed by atoms with Gasteiger partial charge in [-0.05, 0) is 13.8 Å². The van der Waals surface area contributed by atoms with Crippen molar-refractivity contribution in [1.82, 2.24) is 10.3 Å². The minimum atomic E-state index is -0.253. The van der Waals surface area contributed by atoms with Gasteiger partial charge in [-0.2, -0.15) is 11.8 Å². The predicted molar refractivity (Wildman–Crippen MR) is 70.9 cm³/mol. The van der Waals surface area contributed by atoms with Gasteiger partial charge in [-0.1, -0.05) is 0 Å². The molecule has 6 heteroatoms. The van der Waals surface area contributed by atoms with Gasteiger partial charge in [-0.3, -0.25) is 0 Å². The number of hydrogen-bond acceptors (Lipinski definition) is 6. The fourth-order valence-corrected chi connectivity index (χ4v) is 3.76. The van der Waals surface area contributed by atoms with E-state index in [1.165, 1.54) is 11.3 Å². The third kappa shape index (κ3) is 3.00. The summed E-state index contributed by atoms with van der Waals surface area (Å²) in [5.74, 6) is 1.91. The van der Waals surface area contributed by atoms with Gasteiger partial charge in [0.1, 0.15) is 9.88 Å². The van der Waals surface area contributed by atoms with Crippen LogP contribution in [0.2, 0.25) is 0 Å². The van der Waals surface area contributed by atoms with Gasteiger partial charge in [0.2, 0.25) is 0 Å². The number of rotatable bonds is 3. The molecule has 1 unspecified atom stereocenters. The average molecular weight is 272 g/mol. The highest BCUT2D eigenvalue weighted by atomic mass is 32.2. The highest BCUT2D eigenvalue weighted by Gasteiger charge is 2.23. The van der Waals surface area contributed by atoms with Crippen LogP contribution < -0.4 is 5.32 Å². The summed E-state index contributed by atoms with van der Waals surface area (Å²) in [6.07, 6.45) is 0. The van der Waals surface area contributed by atoms with Crippen molar-refractivity contribution in [3.8, 4) is 0 Å². The Morgan fingerprint density at radius 1 is 1.65 bits per heavy atom. The topological polar surface area (TPSA) is 51.2 Å². The molecule has 0 amide bonds. The van der Waals surface area contributed by atoms with E-state index in [1.807, 2.05) is 25.6 Å². The van der Waals surface area contributed by atoms with Crippen molar-refractivity contribution in [2.24, 2.45) is 0 Å².